The molecule has 0 radical (unpaired) electrons. The lowest BCUT2D eigenvalue weighted by Gasteiger charge is -2.49. The normalized spacial score (nSPS) is 20.0. The van der Waals surface area contributed by atoms with Crippen molar-refractivity contribution in [3.05, 3.63) is 60.2 Å². The molecule has 2 unspecified atom stereocenters. The van der Waals surface area contributed by atoms with Crippen molar-refractivity contribution in [2.45, 2.75) is 55.6 Å². The fourth-order valence-corrected chi connectivity index (χ4v) is 7.25. The predicted molar refractivity (Wildman–Crippen MR) is 159 cm³/mol. The van der Waals surface area contributed by atoms with E-state index in [4.69, 9.17) is 21.4 Å². The molecule has 2 bridgehead atoms. The number of fused-ring (bicyclic) bond motifs is 3. The van der Waals surface area contributed by atoms with Gasteiger partial charge >= 0.3 is 0 Å². The molecule has 2 aromatic carbocycles. The number of guanidine groups is 1. The SMILES string of the molecule is CC(CNC(=O)CNC(=O)c1cccc(N=C(N)N)c1)NC(=O)C1C2CCC(CC2)N1S(=O)(=O)c1ccccc1.O=CO. The molecule has 14 nitrogen and oxygen atoms in total. The zero-order valence-electron chi connectivity index (χ0n) is 23.7. The smallest absolute Gasteiger partial charge is 0.290 e. The number of rotatable bonds is 10. The van der Waals surface area contributed by atoms with Gasteiger partial charge in [-0.1, -0.05) is 24.3 Å². The Balaban J connectivity index is 0.00000162. The van der Waals surface area contributed by atoms with Crippen LogP contribution in [0.1, 0.15) is 43.0 Å². The number of carbonyl (C=O) groups excluding carboxylic acids is 3. The maximum absolute atomic E-state index is 13.5. The standard InChI is InChI=1S/C27H35N7O5S.CH2O2/c1-17(15-30-23(35)16-31-25(36)19-6-5-7-20(14-19)33-27(28)29)32-26(37)24-18-10-12-21(13-11-18)34(24)40(38,39)22-8-3-2-4-9-22;2-1-3/h2-9,14,17-18,21,24H,10-13,15-16H2,1H3,(H,30,35)(H,31,36)(H,32,37)(H4,28,29,33);1H,(H,2,3). The van der Waals surface area contributed by atoms with Crippen LogP contribution in [0.4, 0.5) is 5.69 Å². The van der Waals surface area contributed by atoms with Crippen molar-refractivity contribution in [3.8, 4) is 0 Å². The van der Waals surface area contributed by atoms with Crippen LogP contribution in [0.15, 0.2) is 64.5 Å². The zero-order valence-corrected chi connectivity index (χ0v) is 24.5. The van der Waals surface area contributed by atoms with Gasteiger partial charge in [0.25, 0.3) is 12.4 Å². The number of amides is 3. The lowest BCUT2D eigenvalue weighted by molar-refractivity contribution is -0.131. The molecular formula is C28H37N7O7S. The summed E-state index contributed by atoms with van der Waals surface area (Å²) in [5, 5.41) is 15.0. The van der Waals surface area contributed by atoms with Gasteiger partial charge in [-0.3, -0.25) is 19.2 Å². The first kappa shape index (κ1) is 33.0. The summed E-state index contributed by atoms with van der Waals surface area (Å²) in [4.78, 5) is 50.6. The molecule has 1 aliphatic carbocycles. The molecule has 3 fully saturated rings. The van der Waals surface area contributed by atoms with Crippen LogP contribution in [-0.2, 0) is 24.4 Å². The molecular weight excluding hydrogens is 578 g/mol. The number of carbonyl (C=O) groups is 4. The van der Waals surface area contributed by atoms with Crippen molar-refractivity contribution in [1.29, 1.82) is 0 Å². The molecule has 3 aliphatic rings. The molecule has 15 heteroatoms. The van der Waals surface area contributed by atoms with Gasteiger partial charge in [0, 0.05) is 24.2 Å². The van der Waals surface area contributed by atoms with Crippen LogP contribution in [0, 0.1) is 5.92 Å². The summed E-state index contributed by atoms with van der Waals surface area (Å²) in [6, 6.07) is 13.0. The monoisotopic (exact) mass is 615 g/mol. The van der Waals surface area contributed by atoms with Crippen LogP contribution in [0.3, 0.4) is 0 Å². The summed E-state index contributed by atoms with van der Waals surface area (Å²) < 4.78 is 28.5. The molecule has 1 saturated carbocycles. The summed E-state index contributed by atoms with van der Waals surface area (Å²) in [6.45, 7) is 1.30. The second-order valence-electron chi connectivity index (χ2n) is 10.3. The molecule has 232 valence electrons. The minimum atomic E-state index is -3.85. The molecule has 8 N–H and O–H groups in total. The van der Waals surface area contributed by atoms with Gasteiger partial charge in [-0.25, -0.2) is 13.4 Å². The highest BCUT2D eigenvalue weighted by Gasteiger charge is 2.51. The van der Waals surface area contributed by atoms with Crippen LogP contribution in [0.25, 0.3) is 0 Å². The molecule has 2 atom stereocenters. The lowest BCUT2D eigenvalue weighted by atomic mass is 9.76. The third-order valence-corrected chi connectivity index (χ3v) is 9.13. The van der Waals surface area contributed by atoms with Gasteiger partial charge in [-0.05, 0) is 68.9 Å². The first-order valence-corrected chi connectivity index (χ1v) is 15.1. The van der Waals surface area contributed by atoms with E-state index >= 15 is 0 Å². The van der Waals surface area contributed by atoms with E-state index in [9.17, 15) is 22.8 Å². The average molecular weight is 616 g/mol. The quantitative estimate of drug-likeness (QED) is 0.122. The van der Waals surface area contributed by atoms with Gasteiger partial charge in [0.15, 0.2) is 5.96 Å². The number of nitrogens with two attached hydrogens (primary N) is 2. The summed E-state index contributed by atoms with van der Waals surface area (Å²) in [5.74, 6) is -1.49. The Hall–Kier alpha value is -4.50. The largest absolute Gasteiger partial charge is 0.483 e. The Labute approximate surface area is 250 Å². The topological polar surface area (TPSA) is 226 Å². The molecule has 0 spiro atoms. The number of carboxylic acid groups (broad SMARTS) is 1. The van der Waals surface area contributed by atoms with Crippen LogP contribution in [-0.4, -0.2) is 79.2 Å². The summed E-state index contributed by atoms with van der Waals surface area (Å²) in [7, 11) is -3.85. The van der Waals surface area contributed by atoms with Crippen molar-refractivity contribution in [1.82, 2.24) is 20.3 Å². The van der Waals surface area contributed by atoms with E-state index in [-0.39, 0.29) is 53.8 Å². The molecule has 2 aliphatic heterocycles. The van der Waals surface area contributed by atoms with E-state index in [1.165, 1.54) is 10.4 Å². The number of aliphatic imine (C=N–C) groups is 1. The highest BCUT2D eigenvalue weighted by atomic mass is 32.2. The summed E-state index contributed by atoms with van der Waals surface area (Å²) >= 11 is 0. The van der Waals surface area contributed by atoms with Crippen molar-refractivity contribution in [3.63, 3.8) is 0 Å². The molecule has 2 aromatic rings. The van der Waals surface area contributed by atoms with Crippen LogP contribution in [0.5, 0.6) is 0 Å². The minimum Gasteiger partial charge on any atom is -0.483 e. The van der Waals surface area contributed by atoms with E-state index in [0.29, 0.717) is 5.69 Å². The van der Waals surface area contributed by atoms with Crippen molar-refractivity contribution < 1.29 is 32.7 Å². The van der Waals surface area contributed by atoms with Gasteiger partial charge in [0.05, 0.1) is 17.1 Å². The number of piperidine rings is 2. The average Bonchev–Trinajstić information content (AvgIpc) is 2.99. The van der Waals surface area contributed by atoms with Gasteiger partial charge < -0.3 is 32.5 Å². The van der Waals surface area contributed by atoms with Crippen LogP contribution < -0.4 is 27.4 Å². The van der Waals surface area contributed by atoms with Crippen LogP contribution in [0.2, 0.25) is 0 Å². The Morgan fingerprint density at radius 1 is 1.05 bits per heavy atom. The number of hydrogen-bond acceptors (Lipinski definition) is 7. The molecule has 2 saturated heterocycles. The second kappa shape index (κ2) is 15.1. The van der Waals surface area contributed by atoms with Crippen LogP contribution >= 0.6 is 0 Å². The Kier molecular flexibility index (Phi) is 11.6. The highest BCUT2D eigenvalue weighted by Crippen LogP contribution is 2.42. The zero-order chi connectivity index (χ0) is 31.6. The Morgan fingerprint density at radius 3 is 2.33 bits per heavy atom. The van der Waals surface area contributed by atoms with E-state index in [1.54, 1.807) is 55.5 Å². The molecule has 43 heavy (non-hydrogen) atoms. The highest BCUT2D eigenvalue weighted by molar-refractivity contribution is 7.89. The lowest BCUT2D eigenvalue weighted by Crippen LogP contribution is -2.63. The van der Waals surface area contributed by atoms with Crippen molar-refractivity contribution in [2.75, 3.05) is 13.1 Å². The van der Waals surface area contributed by atoms with Gasteiger partial charge in [-0.15, -0.1) is 0 Å². The fraction of sp³-hybridized carbons (Fsp3) is 0.393. The van der Waals surface area contributed by atoms with E-state index in [1.807, 2.05) is 0 Å². The van der Waals surface area contributed by atoms with Gasteiger partial charge in [0.1, 0.15) is 6.04 Å². The first-order valence-electron chi connectivity index (χ1n) is 13.7. The number of benzene rings is 2. The van der Waals surface area contributed by atoms with Crippen molar-refractivity contribution >= 4 is 45.9 Å². The first-order chi connectivity index (χ1) is 20.5. The predicted octanol–water partition coefficient (Wildman–Crippen LogP) is 0.275. The summed E-state index contributed by atoms with van der Waals surface area (Å²) in [5.41, 5.74) is 11.4. The second-order valence-corrected chi connectivity index (χ2v) is 12.1. The van der Waals surface area contributed by atoms with Gasteiger partial charge in [-0.2, -0.15) is 4.31 Å². The third kappa shape index (κ3) is 8.75. The summed E-state index contributed by atoms with van der Waals surface area (Å²) in [6.07, 6.45) is 3.05. The molecule has 0 aromatic heterocycles. The maximum Gasteiger partial charge on any atom is 0.290 e. The number of nitrogens with zero attached hydrogens (tertiary/aromatic N) is 2. The van der Waals surface area contributed by atoms with E-state index in [2.05, 4.69) is 20.9 Å². The van der Waals surface area contributed by atoms with Crippen molar-refractivity contribution in [2.24, 2.45) is 22.4 Å². The minimum absolute atomic E-state index is 0.0639. The van der Waals surface area contributed by atoms with E-state index < -0.39 is 33.9 Å². The maximum atomic E-state index is 13.5. The number of nitrogens with one attached hydrogen (secondary N) is 3. The number of sulfonamides is 1. The Morgan fingerprint density at radius 2 is 1.70 bits per heavy atom. The molecule has 3 amide bonds. The molecule has 2 heterocycles. The molecule has 5 rings (SSSR count). The van der Waals surface area contributed by atoms with Gasteiger partial charge in [0.2, 0.25) is 21.8 Å². The fourth-order valence-electron chi connectivity index (χ4n) is 5.33. The van der Waals surface area contributed by atoms with E-state index in [0.717, 1.165) is 25.7 Å². The Bertz CT molecular complexity index is 1420. The number of hydrogen-bond donors (Lipinski definition) is 6. The third-order valence-electron chi connectivity index (χ3n) is 7.18.